The molecule has 4 rings (SSSR count). The van der Waals surface area contributed by atoms with Crippen LogP contribution in [-0.2, 0) is 6.42 Å². The van der Waals surface area contributed by atoms with E-state index < -0.39 is 0 Å². The van der Waals surface area contributed by atoms with Crippen molar-refractivity contribution < 1.29 is 4.74 Å². The summed E-state index contributed by atoms with van der Waals surface area (Å²) in [4.78, 5) is 15.9. The Morgan fingerprint density at radius 3 is 2.60 bits per heavy atom. The van der Waals surface area contributed by atoms with Crippen molar-refractivity contribution in [2.24, 2.45) is 5.73 Å². The summed E-state index contributed by atoms with van der Waals surface area (Å²) in [6.45, 7) is 4.52. The summed E-state index contributed by atoms with van der Waals surface area (Å²) in [5, 5.41) is 9.35. The van der Waals surface area contributed by atoms with Gasteiger partial charge in [0.25, 0.3) is 0 Å². The van der Waals surface area contributed by atoms with Crippen molar-refractivity contribution in [3.05, 3.63) is 59.5 Å². The molecule has 1 aromatic carbocycles. The Morgan fingerprint density at radius 2 is 1.90 bits per heavy atom. The molecule has 2 N–H and O–H groups in total. The minimum Gasteiger partial charge on any atom is -0.456 e. The summed E-state index contributed by atoms with van der Waals surface area (Å²) in [7, 11) is 0. The van der Waals surface area contributed by atoms with E-state index in [0.29, 0.717) is 29.4 Å². The first-order chi connectivity index (χ1) is 14.7. The van der Waals surface area contributed by atoms with Crippen LogP contribution >= 0.6 is 0 Å². The second-order valence-electron chi connectivity index (χ2n) is 7.37. The van der Waals surface area contributed by atoms with Gasteiger partial charge in [0.15, 0.2) is 5.82 Å². The van der Waals surface area contributed by atoms with Crippen molar-refractivity contribution in [3.63, 3.8) is 0 Å². The third-order valence-corrected chi connectivity index (χ3v) is 5.06. The number of aromatic nitrogens is 3. The van der Waals surface area contributed by atoms with E-state index in [0.717, 1.165) is 42.1 Å². The van der Waals surface area contributed by atoms with E-state index in [1.165, 1.54) is 12.8 Å². The van der Waals surface area contributed by atoms with Gasteiger partial charge in [-0.3, -0.25) is 0 Å². The quantitative estimate of drug-likeness (QED) is 0.674. The van der Waals surface area contributed by atoms with Crippen LogP contribution in [0.1, 0.15) is 29.7 Å². The van der Waals surface area contributed by atoms with Crippen molar-refractivity contribution in [1.82, 2.24) is 15.0 Å². The van der Waals surface area contributed by atoms with Crippen molar-refractivity contribution >= 4 is 5.82 Å². The fourth-order valence-electron chi connectivity index (χ4n) is 3.56. The summed E-state index contributed by atoms with van der Waals surface area (Å²) >= 11 is 0. The van der Waals surface area contributed by atoms with Gasteiger partial charge in [-0.15, -0.1) is 0 Å². The molecule has 0 spiro atoms. The Labute approximate surface area is 176 Å². The maximum Gasteiger partial charge on any atom is 0.162 e. The molecule has 1 aliphatic rings. The van der Waals surface area contributed by atoms with Gasteiger partial charge >= 0.3 is 0 Å². The lowest BCUT2D eigenvalue weighted by atomic mass is 10.1. The molecular weight excluding hydrogens is 376 g/mol. The third kappa shape index (κ3) is 4.39. The normalized spacial score (nSPS) is 13.3. The van der Waals surface area contributed by atoms with E-state index in [-0.39, 0.29) is 0 Å². The SMILES string of the molecule is Cc1cc(Oc2cc(C#N)ccc2-c2ncc(CCN)cn2)cc(N2CCCC2)n1. The van der Waals surface area contributed by atoms with Gasteiger partial charge in [0.2, 0.25) is 0 Å². The van der Waals surface area contributed by atoms with Crippen LogP contribution in [0.3, 0.4) is 0 Å². The van der Waals surface area contributed by atoms with Gasteiger partial charge in [0, 0.05) is 43.3 Å². The summed E-state index contributed by atoms with van der Waals surface area (Å²) < 4.78 is 6.25. The average Bonchev–Trinajstić information content (AvgIpc) is 3.29. The molecule has 152 valence electrons. The molecule has 3 heterocycles. The molecular formula is C23H24N6O. The predicted octanol–water partition coefficient (Wildman–Crippen LogP) is 3.61. The van der Waals surface area contributed by atoms with Crippen LogP contribution in [0.5, 0.6) is 11.5 Å². The number of hydrogen-bond acceptors (Lipinski definition) is 7. The smallest absolute Gasteiger partial charge is 0.162 e. The highest BCUT2D eigenvalue weighted by molar-refractivity contribution is 5.66. The van der Waals surface area contributed by atoms with Crippen LogP contribution in [0.25, 0.3) is 11.4 Å². The van der Waals surface area contributed by atoms with Gasteiger partial charge in [-0.05, 0) is 56.5 Å². The zero-order valence-electron chi connectivity index (χ0n) is 17.0. The van der Waals surface area contributed by atoms with E-state index >= 15 is 0 Å². The van der Waals surface area contributed by atoms with E-state index in [9.17, 15) is 5.26 Å². The van der Waals surface area contributed by atoms with Crippen LogP contribution < -0.4 is 15.4 Å². The van der Waals surface area contributed by atoms with Crippen LogP contribution in [0.4, 0.5) is 5.82 Å². The fraction of sp³-hybridized carbons (Fsp3) is 0.304. The topological polar surface area (TPSA) is 101 Å². The number of nitriles is 1. The Balaban J connectivity index is 1.69. The Morgan fingerprint density at radius 1 is 1.13 bits per heavy atom. The number of nitrogens with zero attached hydrogens (tertiary/aromatic N) is 5. The summed E-state index contributed by atoms with van der Waals surface area (Å²) in [6, 6.07) is 11.3. The Hall–Kier alpha value is -3.50. The molecule has 1 saturated heterocycles. The van der Waals surface area contributed by atoms with Gasteiger partial charge in [0.05, 0.1) is 17.2 Å². The third-order valence-electron chi connectivity index (χ3n) is 5.06. The molecule has 0 aliphatic carbocycles. The standard InChI is InChI=1S/C23H24N6O/c1-16-10-19(12-22(28-16)29-8-2-3-9-29)30-21-11-17(13-25)4-5-20(21)23-26-14-18(6-7-24)15-27-23/h4-5,10-12,14-15H,2-3,6-9,24H2,1H3. The van der Waals surface area contributed by atoms with Gasteiger partial charge in [-0.25, -0.2) is 15.0 Å². The highest BCUT2D eigenvalue weighted by atomic mass is 16.5. The Kier molecular flexibility index (Phi) is 5.87. The van der Waals surface area contributed by atoms with Gasteiger partial charge in [-0.1, -0.05) is 0 Å². The van der Waals surface area contributed by atoms with Crippen molar-refractivity contribution in [3.8, 4) is 29.0 Å². The van der Waals surface area contributed by atoms with E-state index in [1.807, 2.05) is 25.1 Å². The second-order valence-corrected chi connectivity index (χ2v) is 7.37. The number of hydrogen-bond donors (Lipinski definition) is 1. The first-order valence-corrected chi connectivity index (χ1v) is 10.1. The van der Waals surface area contributed by atoms with E-state index in [4.69, 9.17) is 10.5 Å². The number of anilines is 1. The molecule has 0 saturated carbocycles. The number of ether oxygens (including phenoxy) is 1. The monoisotopic (exact) mass is 400 g/mol. The zero-order valence-corrected chi connectivity index (χ0v) is 17.0. The molecule has 0 bridgehead atoms. The molecule has 7 heteroatoms. The first-order valence-electron chi connectivity index (χ1n) is 10.1. The molecule has 7 nitrogen and oxygen atoms in total. The maximum absolute atomic E-state index is 9.35. The predicted molar refractivity (Wildman–Crippen MR) is 115 cm³/mol. The molecule has 2 aromatic heterocycles. The summed E-state index contributed by atoms with van der Waals surface area (Å²) in [5.41, 5.74) is 8.71. The lowest BCUT2D eigenvalue weighted by Crippen LogP contribution is -2.19. The number of benzene rings is 1. The van der Waals surface area contributed by atoms with Crippen LogP contribution in [0, 0.1) is 18.3 Å². The number of pyridine rings is 1. The van der Waals surface area contributed by atoms with Crippen LogP contribution in [0.2, 0.25) is 0 Å². The maximum atomic E-state index is 9.35. The largest absolute Gasteiger partial charge is 0.456 e. The lowest BCUT2D eigenvalue weighted by molar-refractivity contribution is 0.482. The Bertz CT molecular complexity index is 1070. The first kappa shape index (κ1) is 19.8. The highest BCUT2D eigenvalue weighted by Crippen LogP contribution is 2.34. The van der Waals surface area contributed by atoms with Gasteiger partial charge in [-0.2, -0.15) is 5.26 Å². The van der Waals surface area contributed by atoms with Crippen molar-refractivity contribution in [2.75, 3.05) is 24.5 Å². The molecule has 1 aliphatic heterocycles. The van der Waals surface area contributed by atoms with Crippen molar-refractivity contribution in [2.45, 2.75) is 26.2 Å². The zero-order chi connectivity index (χ0) is 20.9. The van der Waals surface area contributed by atoms with Gasteiger partial charge < -0.3 is 15.4 Å². The number of rotatable bonds is 6. The fourth-order valence-corrected chi connectivity index (χ4v) is 3.56. The van der Waals surface area contributed by atoms with E-state index in [2.05, 4.69) is 25.9 Å². The van der Waals surface area contributed by atoms with Crippen LogP contribution in [-0.4, -0.2) is 34.6 Å². The molecule has 0 radical (unpaired) electrons. The molecule has 0 atom stereocenters. The number of aryl methyl sites for hydroxylation is 1. The molecule has 1 fully saturated rings. The minimum atomic E-state index is 0.513. The highest BCUT2D eigenvalue weighted by Gasteiger charge is 2.17. The molecule has 3 aromatic rings. The van der Waals surface area contributed by atoms with Gasteiger partial charge in [0.1, 0.15) is 17.3 Å². The number of nitrogens with two attached hydrogens (primary N) is 1. The van der Waals surface area contributed by atoms with E-state index in [1.54, 1.807) is 24.5 Å². The molecule has 0 amide bonds. The summed E-state index contributed by atoms with van der Waals surface area (Å²) in [5.74, 6) is 2.68. The van der Waals surface area contributed by atoms with Crippen molar-refractivity contribution in [1.29, 1.82) is 5.26 Å². The minimum absolute atomic E-state index is 0.513. The summed E-state index contributed by atoms with van der Waals surface area (Å²) in [6.07, 6.45) is 6.64. The average molecular weight is 400 g/mol. The van der Waals surface area contributed by atoms with Crippen LogP contribution in [0.15, 0.2) is 42.7 Å². The molecule has 0 unspecified atom stereocenters. The lowest BCUT2D eigenvalue weighted by Gasteiger charge is -2.18. The molecule has 30 heavy (non-hydrogen) atoms. The second kappa shape index (κ2) is 8.89.